The second-order valence-electron chi connectivity index (χ2n) is 8.79. The zero-order valence-electron chi connectivity index (χ0n) is 17.7. The Balaban J connectivity index is 1.43. The zero-order valence-corrected chi connectivity index (χ0v) is 20.1. The first kappa shape index (κ1) is 22.5. The quantitative estimate of drug-likeness (QED) is 0.608. The van der Waals surface area contributed by atoms with E-state index in [4.69, 9.17) is 11.6 Å². The highest BCUT2D eigenvalue weighted by molar-refractivity contribution is 7.91. The van der Waals surface area contributed by atoms with E-state index in [1.807, 2.05) is 42.7 Å². The molecule has 1 N–H and O–H groups in total. The fraction of sp³-hybridized carbons (Fsp3) is 0.478. The number of nitrogens with zero attached hydrogens (tertiary/aromatic N) is 1. The van der Waals surface area contributed by atoms with E-state index in [1.165, 1.54) is 16.9 Å². The molecule has 1 saturated heterocycles. The van der Waals surface area contributed by atoms with Gasteiger partial charge in [0.1, 0.15) is 9.84 Å². The Hall–Kier alpha value is -1.70. The normalized spacial score (nSPS) is 28.5. The van der Waals surface area contributed by atoms with Crippen LogP contribution in [0.2, 0.25) is 0 Å². The van der Waals surface area contributed by atoms with Crippen molar-refractivity contribution in [2.24, 2.45) is 11.8 Å². The molecule has 8 heteroatoms. The maximum absolute atomic E-state index is 12.8. The van der Waals surface area contributed by atoms with Crippen molar-refractivity contribution in [2.45, 2.75) is 44.4 Å². The molecule has 0 spiro atoms. The fourth-order valence-corrected chi connectivity index (χ4v) is 6.97. The van der Waals surface area contributed by atoms with Crippen LogP contribution in [0.5, 0.6) is 0 Å². The molecule has 166 valence electrons. The summed E-state index contributed by atoms with van der Waals surface area (Å²) in [7, 11) is -2.87. The lowest BCUT2D eigenvalue weighted by atomic mass is 9.79. The summed E-state index contributed by atoms with van der Waals surface area (Å²) in [6.45, 7) is 4.09. The average molecular weight is 479 g/mol. The van der Waals surface area contributed by atoms with Crippen molar-refractivity contribution in [1.29, 1.82) is 0 Å². The molecule has 1 aromatic rings. The number of hydrogen-bond donors (Lipinski definition) is 1. The third-order valence-electron chi connectivity index (χ3n) is 6.35. The number of anilines is 1. The Morgan fingerprint density at radius 3 is 2.68 bits per heavy atom. The van der Waals surface area contributed by atoms with Gasteiger partial charge in [0.2, 0.25) is 0 Å². The summed E-state index contributed by atoms with van der Waals surface area (Å²) in [5.74, 6) is 0.904. The number of thiazole rings is 1. The molecule has 0 saturated carbocycles. The van der Waals surface area contributed by atoms with E-state index in [2.05, 4.69) is 17.2 Å². The van der Waals surface area contributed by atoms with Crippen LogP contribution in [-0.4, -0.2) is 35.7 Å². The number of halogens is 1. The van der Waals surface area contributed by atoms with Crippen LogP contribution < -0.4 is 5.32 Å². The highest BCUT2D eigenvalue weighted by Gasteiger charge is 2.31. The molecule has 3 aliphatic rings. The number of carbonyl (C=O) groups is 1. The lowest BCUT2D eigenvalue weighted by molar-refractivity contribution is -0.113. The molecule has 1 aliphatic heterocycles. The number of rotatable bonds is 4. The third kappa shape index (κ3) is 5.04. The van der Waals surface area contributed by atoms with Crippen LogP contribution in [0.15, 0.2) is 46.9 Å². The minimum absolute atomic E-state index is 0.138. The van der Waals surface area contributed by atoms with Crippen LogP contribution in [0.4, 0.5) is 5.13 Å². The first-order chi connectivity index (χ1) is 14.6. The minimum Gasteiger partial charge on any atom is -0.298 e. The van der Waals surface area contributed by atoms with Crippen molar-refractivity contribution in [1.82, 2.24) is 4.98 Å². The standard InChI is InChI=1S/C23H27ClN2O3S2/c1-15-13-17(6-7-18(15)16-8-11-31(28,29)12-9-16)21(27)26-22-25-20(14-30-22)19-5-3-4-10-23(19,2)24/h3-7,14-16H,8-13H2,1-2H3,(H,25,26,27). The van der Waals surface area contributed by atoms with E-state index in [9.17, 15) is 13.2 Å². The van der Waals surface area contributed by atoms with E-state index >= 15 is 0 Å². The van der Waals surface area contributed by atoms with Crippen molar-refractivity contribution in [3.63, 3.8) is 0 Å². The van der Waals surface area contributed by atoms with Gasteiger partial charge in [-0.1, -0.05) is 42.9 Å². The van der Waals surface area contributed by atoms with Gasteiger partial charge in [-0.05, 0) is 50.0 Å². The second kappa shape index (κ2) is 8.68. The molecule has 31 heavy (non-hydrogen) atoms. The fourth-order valence-electron chi connectivity index (χ4n) is 4.53. The van der Waals surface area contributed by atoms with E-state index in [-0.39, 0.29) is 23.3 Å². The first-order valence-corrected chi connectivity index (χ1v) is 13.7. The van der Waals surface area contributed by atoms with Crippen molar-refractivity contribution in [3.05, 3.63) is 52.6 Å². The minimum atomic E-state index is -2.87. The molecule has 0 bridgehead atoms. The number of nitrogens with one attached hydrogen (secondary N) is 1. The highest BCUT2D eigenvalue weighted by Crippen LogP contribution is 2.40. The SMILES string of the molecule is CC1CC(C(=O)Nc2nc(C3=CC=CCC3(C)Cl)cs2)=CC=C1C1CCS(=O)(=O)CC1. The maximum Gasteiger partial charge on any atom is 0.253 e. The molecule has 1 aromatic heterocycles. The highest BCUT2D eigenvalue weighted by atomic mass is 35.5. The van der Waals surface area contributed by atoms with Gasteiger partial charge in [-0.2, -0.15) is 0 Å². The van der Waals surface area contributed by atoms with Gasteiger partial charge in [-0.15, -0.1) is 22.9 Å². The molecular formula is C23H27ClN2O3S2. The summed E-state index contributed by atoms with van der Waals surface area (Å²) in [6.07, 6.45) is 12.7. The largest absolute Gasteiger partial charge is 0.298 e. The molecule has 2 heterocycles. The van der Waals surface area contributed by atoms with Gasteiger partial charge in [0.25, 0.3) is 5.91 Å². The smallest absolute Gasteiger partial charge is 0.253 e. The van der Waals surface area contributed by atoms with Gasteiger partial charge >= 0.3 is 0 Å². The van der Waals surface area contributed by atoms with Gasteiger partial charge in [-0.25, -0.2) is 13.4 Å². The molecule has 0 aromatic carbocycles. The molecule has 1 fully saturated rings. The molecule has 2 aliphatic carbocycles. The lowest BCUT2D eigenvalue weighted by Crippen LogP contribution is -2.27. The Labute approximate surface area is 192 Å². The van der Waals surface area contributed by atoms with Crippen LogP contribution in [0.25, 0.3) is 5.57 Å². The number of allylic oxidation sites excluding steroid dienone is 7. The second-order valence-corrected chi connectivity index (χ2v) is 12.8. The number of alkyl halides is 1. The maximum atomic E-state index is 12.8. The summed E-state index contributed by atoms with van der Waals surface area (Å²) in [6, 6.07) is 0. The predicted octanol–water partition coefficient (Wildman–Crippen LogP) is 5.14. The summed E-state index contributed by atoms with van der Waals surface area (Å²) < 4.78 is 23.4. The van der Waals surface area contributed by atoms with E-state index in [0.717, 1.165) is 23.3 Å². The van der Waals surface area contributed by atoms with Crippen LogP contribution in [0.1, 0.15) is 45.2 Å². The number of sulfone groups is 1. The van der Waals surface area contributed by atoms with Gasteiger partial charge in [0.05, 0.1) is 22.1 Å². The Morgan fingerprint density at radius 2 is 2.00 bits per heavy atom. The van der Waals surface area contributed by atoms with Crippen molar-refractivity contribution < 1.29 is 13.2 Å². The van der Waals surface area contributed by atoms with Crippen LogP contribution >= 0.6 is 22.9 Å². The molecule has 1 amide bonds. The van der Waals surface area contributed by atoms with Gasteiger partial charge < -0.3 is 0 Å². The van der Waals surface area contributed by atoms with Crippen LogP contribution in [-0.2, 0) is 14.6 Å². The van der Waals surface area contributed by atoms with Crippen molar-refractivity contribution >= 4 is 49.4 Å². The number of hydrogen-bond acceptors (Lipinski definition) is 5. The molecule has 2 atom stereocenters. The van der Waals surface area contributed by atoms with Gasteiger partial charge in [0, 0.05) is 11.0 Å². The summed E-state index contributed by atoms with van der Waals surface area (Å²) >= 11 is 8.02. The summed E-state index contributed by atoms with van der Waals surface area (Å²) in [5, 5.41) is 5.41. The van der Waals surface area contributed by atoms with Gasteiger partial charge in [0.15, 0.2) is 5.13 Å². The van der Waals surface area contributed by atoms with Crippen LogP contribution in [0.3, 0.4) is 0 Å². The van der Waals surface area contributed by atoms with E-state index in [1.54, 1.807) is 0 Å². The van der Waals surface area contributed by atoms with Gasteiger partial charge in [-0.3, -0.25) is 10.1 Å². The topological polar surface area (TPSA) is 76.1 Å². The van der Waals surface area contributed by atoms with E-state index in [0.29, 0.717) is 30.3 Å². The van der Waals surface area contributed by atoms with Crippen molar-refractivity contribution in [3.8, 4) is 0 Å². The summed E-state index contributed by atoms with van der Waals surface area (Å²) in [5.41, 5.74) is 3.74. The number of carbonyl (C=O) groups excluding carboxylic acids is 1. The zero-order chi connectivity index (χ0) is 22.2. The first-order valence-electron chi connectivity index (χ1n) is 10.6. The summed E-state index contributed by atoms with van der Waals surface area (Å²) in [4.78, 5) is 16.9. The predicted molar refractivity (Wildman–Crippen MR) is 128 cm³/mol. The molecule has 5 nitrogen and oxygen atoms in total. The van der Waals surface area contributed by atoms with Crippen LogP contribution in [0, 0.1) is 11.8 Å². The Kier molecular flexibility index (Phi) is 6.30. The van der Waals surface area contributed by atoms with E-state index < -0.39 is 14.7 Å². The molecule has 4 rings (SSSR count). The number of aromatic nitrogens is 1. The number of amides is 1. The average Bonchev–Trinajstić information content (AvgIpc) is 3.16. The lowest BCUT2D eigenvalue weighted by Gasteiger charge is -2.30. The molecular weight excluding hydrogens is 452 g/mol. The van der Waals surface area contributed by atoms with Crippen molar-refractivity contribution in [2.75, 3.05) is 16.8 Å². The third-order valence-corrected chi connectivity index (χ3v) is 9.18. The Bertz CT molecular complexity index is 1100. The molecule has 2 unspecified atom stereocenters. The molecule has 0 radical (unpaired) electrons. The monoisotopic (exact) mass is 478 g/mol. The Morgan fingerprint density at radius 1 is 1.26 bits per heavy atom.